The molecule has 0 spiro atoms. The number of likely N-dealkylation sites (N-methyl/N-ethyl adjacent to an activating group) is 1. The third-order valence-electron chi connectivity index (χ3n) is 4.70. The minimum Gasteiger partial charge on any atom is -0.493 e. The first kappa shape index (κ1) is 16.2. The average molecular weight is 320 g/mol. The van der Waals surface area contributed by atoms with E-state index in [1.807, 2.05) is 19.2 Å². The van der Waals surface area contributed by atoms with Crippen molar-refractivity contribution in [1.82, 2.24) is 9.80 Å². The van der Waals surface area contributed by atoms with Crippen molar-refractivity contribution in [2.45, 2.75) is 18.6 Å². The van der Waals surface area contributed by atoms with Crippen LogP contribution in [-0.2, 0) is 11.2 Å². The number of nitrogens with zero attached hydrogens (tertiary/aromatic N) is 2. The fraction of sp³-hybridized carbons (Fsp3) is 0.588. The monoisotopic (exact) mass is 320 g/mol. The number of carbonyl (C=O) groups excluding carboxylic acids is 1. The number of fused-ring (bicyclic) bond motifs is 1. The Labute approximate surface area is 136 Å². The van der Waals surface area contributed by atoms with Crippen molar-refractivity contribution in [1.29, 1.82) is 0 Å². The molecule has 2 aliphatic heterocycles. The third-order valence-corrected chi connectivity index (χ3v) is 4.70. The van der Waals surface area contributed by atoms with Crippen LogP contribution in [0.4, 0.5) is 0 Å². The van der Waals surface area contributed by atoms with Crippen LogP contribution < -0.4 is 4.74 Å². The predicted octanol–water partition coefficient (Wildman–Crippen LogP) is 0.385. The Morgan fingerprint density at radius 3 is 3.09 bits per heavy atom. The SMILES string of the molecule is COCCN(C)[C@H]1CN(C(=O)c2ccc3c(c2)CCO3)C[C@@H]1O. The second kappa shape index (κ2) is 6.86. The van der Waals surface area contributed by atoms with Gasteiger partial charge in [-0.05, 0) is 30.8 Å². The summed E-state index contributed by atoms with van der Waals surface area (Å²) in [6, 6.07) is 5.54. The van der Waals surface area contributed by atoms with E-state index in [1.165, 1.54) is 0 Å². The Morgan fingerprint density at radius 1 is 1.48 bits per heavy atom. The Hall–Kier alpha value is -1.63. The summed E-state index contributed by atoms with van der Waals surface area (Å²) in [5, 5.41) is 10.3. The summed E-state index contributed by atoms with van der Waals surface area (Å²) in [7, 11) is 3.61. The number of ether oxygens (including phenoxy) is 2. The number of likely N-dealkylation sites (tertiary alicyclic amines) is 1. The molecule has 0 radical (unpaired) electrons. The topological polar surface area (TPSA) is 62.2 Å². The van der Waals surface area contributed by atoms with Crippen molar-refractivity contribution in [3.05, 3.63) is 29.3 Å². The van der Waals surface area contributed by atoms with E-state index in [2.05, 4.69) is 4.90 Å². The zero-order valence-corrected chi connectivity index (χ0v) is 13.7. The lowest BCUT2D eigenvalue weighted by Gasteiger charge is -2.25. The molecule has 0 aromatic heterocycles. The summed E-state index contributed by atoms with van der Waals surface area (Å²) < 4.78 is 10.6. The van der Waals surface area contributed by atoms with Crippen molar-refractivity contribution < 1.29 is 19.4 Å². The van der Waals surface area contributed by atoms with Gasteiger partial charge in [-0.1, -0.05) is 0 Å². The van der Waals surface area contributed by atoms with Gasteiger partial charge in [0.1, 0.15) is 5.75 Å². The van der Waals surface area contributed by atoms with Crippen molar-refractivity contribution in [2.75, 3.05) is 47.0 Å². The smallest absolute Gasteiger partial charge is 0.254 e. The van der Waals surface area contributed by atoms with Crippen molar-refractivity contribution in [3.63, 3.8) is 0 Å². The van der Waals surface area contributed by atoms with Crippen molar-refractivity contribution in [2.24, 2.45) is 0 Å². The molecule has 2 atom stereocenters. The number of benzene rings is 1. The Balaban J connectivity index is 1.67. The fourth-order valence-electron chi connectivity index (χ4n) is 3.27. The molecule has 1 N–H and O–H groups in total. The first-order valence-corrected chi connectivity index (χ1v) is 8.02. The summed E-state index contributed by atoms with van der Waals surface area (Å²) in [6.45, 7) is 2.93. The second-order valence-electron chi connectivity index (χ2n) is 6.24. The van der Waals surface area contributed by atoms with Gasteiger partial charge in [-0.3, -0.25) is 9.69 Å². The lowest BCUT2D eigenvalue weighted by molar-refractivity contribution is 0.0752. The average Bonchev–Trinajstić information content (AvgIpc) is 3.17. The fourth-order valence-corrected chi connectivity index (χ4v) is 3.27. The van der Waals surface area contributed by atoms with Gasteiger partial charge in [-0.25, -0.2) is 0 Å². The van der Waals surface area contributed by atoms with Gasteiger partial charge in [0.05, 0.1) is 25.4 Å². The molecule has 0 bridgehead atoms. The number of hydrogen-bond donors (Lipinski definition) is 1. The van der Waals surface area contributed by atoms with Gasteiger partial charge in [0, 0.05) is 38.7 Å². The molecular formula is C17H24N2O4. The highest BCUT2D eigenvalue weighted by Gasteiger charge is 2.36. The molecule has 23 heavy (non-hydrogen) atoms. The molecule has 2 heterocycles. The van der Waals surface area contributed by atoms with E-state index in [9.17, 15) is 9.90 Å². The molecule has 1 fully saturated rings. The molecule has 2 aliphatic rings. The lowest BCUT2D eigenvalue weighted by Crippen LogP contribution is -2.42. The normalized spacial score (nSPS) is 23.2. The van der Waals surface area contributed by atoms with Crippen LogP contribution in [0.1, 0.15) is 15.9 Å². The first-order valence-electron chi connectivity index (χ1n) is 8.02. The zero-order chi connectivity index (χ0) is 16.4. The van der Waals surface area contributed by atoms with E-state index < -0.39 is 6.10 Å². The van der Waals surface area contributed by atoms with Crippen LogP contribution in [0.5, 0.6) is 5.75 Å². The van der Waals surface area contributed by atoms with Crippen LogP contribution in [-0.4, -0.2) is 80.0 Å². The number of amides is 1. The van der Waals surface area contributed by atoms with E-state index in [4.69, 9.17) is 9.47 Å². The summed E-state index contributed by atoms with van der Waals surface area (Å²) in [6.07, 6.45) is 0.320. The van der Waals surface area contributed by atoms with E-state index in [0.717, 1.165) is 24.3 Å². The van der Waals surface area contributed by atoms with Crippen molar-refractivity contribution in [3.8, 4) is 5.75 Å². The van der Waals surface area contributed by atoms with Gasteiger partial charge in [0.15, 0.2) is 0 Å². The molecular weight excluding hydrogens is 296 g/mol. The van der Waals surface area contributed by atoms with E-state index in [0.29, 0.717) is 31.9 Å². The van der Waals surface area contributed by atoms with Gasteiger partial charge in [0.2, 0.25) is 0 Å². The minimum absolute atomic E-state index is 0.0265. The highest BCUT2D eigenvalue weighted by molar-refractivity contribution is 5.95. The molecule has 6 heteroatoms. The summed E-state index contributed by atoms with van der Waals surface area (Å²) in [5.74, 6) is 0.849. The highest BCUT2D eigenvalue weighted by Crippen LogP contribution is 2.27. The summed E-state index contributed by atoms with van der Waals surface area (Å²) in [4.78, 5) is 16.5. The molecule has 6 nitrogen and oxygen atoms in total. The van der Waals surface area contributed by atoms with Crippen LogP contribution in [0.3, 0.4) is 0 Å². The minimum atomic E-state index is -0.529. The Kier molecular flexibility index (Phi) is 4.84. The number of aliphatic hydroxyl groups excluding tert-OH is 1. The molecule has 0 aliphatic carbocycles. The maximum Gasteiger partial charge on any atom is 0.254 e. The molecule has 1 saturated heterocycles. The zero-order valence-electron chi connectivity index (χ0n) is 13.7. The standard InChI is InChI=1S/C17H24N2O4/c1-18(6-8-22-2)14-10-19(11-15(14)20)17(21)13-3-4-16-12(9-13)5-7-23-16/h3-4,9,14-15,20H,5-8,10-11H2,1-2H3/t14-,15-/m0/s1. The van der Waals surface area contributed by atoms with Crippen LogP contribution in [0, 0.1) is 0 Å². The summed E-state index contributed by atoms with van der Waals surface area (Å²) >= 11 is 0. The molecule has 1 aromatic carbocycles. The molecule has 1 aromatic rings. The summed E-state index contributed by atoms with van der Waals surface area (Å²) in [5.41, 5.74) is 1.76. The quantitative estimate of drug-likeness (QED) is 0.850. The van der Waals surface area contributed by atoms with E-state index >= 15 is 0 Å². The Bertz CT molecular complexity index is 578. The van der Waals surface area contributed by atoms with Gasteiger partial charge >= 0.3 is 0 Å². The number of aliphatic hydroxyl groups is 1. The first-order chi connectivity index (χ1) is 11.1. The molecule has 0 unspecified atom stereocenters. The van der Waals surface area contributed by atoms with Crippen LogP contribution in [0.15, 0.2) is 18.2 Å². The Morgan fingerprint density at radius 2 is 2.30 bits per heavy atom. The number of carbonyl (C=O) groups is 1. The molecule has 1 amide bonds. The van der Waals surface area contributed by atoms with E-state index in [-0.39, 0.29) is 11.9 Å². The molecule has 3 rings (SSSR count). The third kappa shape index (κ3) is 3.34. The molecule has 0 saturated carbocycles. The van der Waals surface area contributed by atoms with Gasteiger partial charge in [0.25, 0.3) is 5.91 Å². The largest absolute Gasteiger partial charge is 0.493 e. The number of methoxy groups -OCH3 is 1. The lowest BCUT2D eigenvalue weighted by atomic mass is 10.1. The predicted molar refractivity (Wildman–Crippen MR) is 85.8 cm³/mol. The van der Waals surface area contributed by atoms with Crippen molar-refractivity contribution >= 4 is 5.91 Å². The van der Waals surface area contributed by atoms with Gasteiger partial charge < -0.3 is 19.5 Å². The van der Waals surface area contributed by atoms with E-state index in [1.54, 1.807) is 18.1 Å². The maximum atomic E-state index is 12.7. The number of rotatable bonds is 5. The second-order valence-corrected chi connectivity index (χ2v) is 6.24. The number of β-amino-alcohol motifs (C(OH)–C–C–N with tert-alkyl or cyclic N) is 1. The van der Waals surface area contributed by atoms with Gasteiger partial charge in [-0.15, -0.1) is 0 Å². The van der Waals surface area contributed by atoms with Crippen LogP contribution in [0.2, 0.25) is 0 Å². The molecule has 126 valence electrons. The maximum absolute atomic E-state index is 12.7. The van der Waals surface area contributed by atoms with Gasteiger partial charge in [-0.2, -0.15) is 0 Å². The highest BCUT2D eigenvalue weighted by atomic mass is 16.5. The number of hydrogen-bond acceptors (Lipinski definition) is 5. The van der Waals surface area contributed by atoms with Crippen LogP contribution >= 0.6 is 0 Å². The van der Waals surface area contributed by atoms with Crippen LogP contribution in [0.25, 0.3) is 0 Å².